The van der Waals surface area contributed by atoms with Gasteiger partial charge in [0.15, 0.2) is 0 Å². The van der Waals surface area contributed by atoms with Gasteiger partial charge in [0.1, 0.15) is 0 Å². The predicted molar refractivity (Wildman–Crippen MR) is 62.3 cm³/mol. The Morgan fingerprint density at radius 1 is 1.07 bits per heavy atom. The lowest BCUT2D eigenvalue weighted by molar-refractivity contribution is 0.125. The number of hydrogen-bond acceptors (Lipinski definition) is 0. The molecule has 2 saturated carbocycles. The highest BCUT2D eigenvalue weighted by Crippen LogP contribution is 2.58. The Morgan fingerprint density at radius 3 is 2.21 bits per heavy atom. The van der Waals surface area contributed by atoms with Crippen molar-refractivity contribution in [2.24, 2.45) is 17.3 Å². The largest absolute Gasteiger partial charge is 0.0654 e. The van der Waals surface area contributed by atoms with Crippen molar-refractivity contribution in [3.8, 4) is 0 Å². The average molecular weight is 194 g/mol. The normalized spacial score (nSPS) is 33.9. The zero-order valence-electron chi connectivity index (χ0n) is 10.0. The summed E-state index contributed by atoms with van der Waals surface area (Å²) < 4.78 is 0. The van der Waals surface area contributed by atoms with Gasteiger partial charge in [-0.3, -0.25) is 0 Å². The minimum absolute atomic E-state index is 0.856. The Morgan fingerprint density at radius 2 is 1.79 bits per heavy atom. The third-order valence-electron chi connectivity index (χ3n) is 4.81. The monoisotopic (exact) mass is 194 g/mol. The Bertz CT molecular complexity index is 176. The van der Waals surface area contributed by atoms with Crippen LogP contribution in [0.3, 0.4) is 0 Å². The molecule has 0 aromatic rings. The minimum Gasteiger partial charge on any atom is -0.0654 e. The second-order valence-electron chi connectivity index (χ2n) is 5.81. The molecule has 0 aromatic heterocycles. The summed E-state index contributed by atoms with van der Waals surface area (Å²) in [5, 5.41) is 0. The molecule has 2 unspecified atom stereocenters. The van der Waals surface area contributed by atoms with Gasteiger partial charge in [0, 0.05) is 0 Å². The first-order chi connectivity index (χ1) is 6.79. The molecule has 0 heterocycles. The summed E-state index contributed by atoms with van der Waals surface area (Å²) in [7, 11) is 0. The molecule has 0 aliphatic heterocycles. The van der Waals surface area contributed by atoms with Gasteiger partial charge >= 0.3 is 0 Å². The van der Waals surface area contributed by atoms with Gasteiger partial charge in [-0.25, -0.2) is 0 Å². The minimum atomic E-state index is 0.856. The van der Waals surface area contributed by atoms with E-state index in [0.717, 1.165) is 17.3 Å². The molecule has 2 rings (SSSR count). The summed E-state index contributed by atoms with van der Waals surface area (Å²) in [6.07, 6.45) is 13.6. The molecule has 2 aliphatic carbocycles. The van der Waals surface area contributed by atoms with E-state index in [1.165, 1.54) is 32.1 Å². The first kappa shape index (κ1) is 10.5. The van der Waals surface area contributed by atoms with Crippen LogP contribution in [0.2, 0.25) is 0 Å². The fourth-order valence-electron chi connectivity index (χ4n) is 3.29. The number of hydrogen-bond donors (Lipinski definition) is 0. The molecule has 0 aromatic carbocycles. The van der Waals surface area contributed by atoms with E-state index in [0.29, 0.717) is 0 Å². The molecular formula is C14H26. The second-order valence-corrected chi connectivity index (χ2v) is 5.81. The Hall–Kier alpha value is 0. The van der Waals surface area contributed by atoms with Crippen molar-refractivity contribution >= 4 is 0 Å². The Labute approximate surface area is 89.5 Å². The molecule has 82 valence electrons. The number of rotatable bonds is 6. The van der Waals surface area contributed by atoms with Crippen LogP contribution in [0.15, 0.2) is 0 Å². The average Bonchev–Trinajstić information content (AvgIpc) is 2.91. The van der Waals surface area contributed by atoms with Gasteiger partial charge in [0.25, 0.3) is 0 Å². The topological polar surface area (TPSA) is 0 Å². The van der Waals surface area contributed by atoms with Gasteiger partial charge in [-0.2, -0.15) is 0 Å². The molecule has 0 nitrogen and oxygen atoms in total. The zero-order valence-corrected chi connectivity index (χ0v) is 10.0. The standard InChI is InChI=1S/C14H26/c1-3-5-8-14(9-10-14)11-13-7-6-12(13)4-2/h12-13H,3-11H2,1-2H3. The summed E-state index contributed by atoms with van der Waals surface area (Å²) in [5.41, 5.74) is 0.856. The maximum absolute atomic E-state index is 2.38. The van der Waals surface area contributed by atoms with Crippen LogP contribution < -0.4 is 0 Å². The summed E-state index contributed by atoms with van der Waals surface area (Å²) in [6, 6.07) is 0. The highest BCUT2D eigenvalue weighted by molar-refractivity contribution is 4.97. The summed E-state index contributed by atoms with van der Waals surface area (Å²) in [4.78, 5) is 0. The van der Waals surface area contributed by atoms with Gasteiger partial charge in [-0.05, 0) is 55.8 Å². The van der Waals surface area contributed by atoms with Gasteiger partial charge < -0.3 is 0 Å². The van der Waals surface area contributed by atoms with Crippen molar-refractivity contribution in [2.45, 2.75) is 71.6 Å². The molecule has 0 radical (unpaired) electrons. The van der Waals surface area contributed by atoms with Crippen molar-refractivity contribution in [3.63, 3.8) is 0 Å². The highest BCUT2D eigenvalue weighted by atomic mass is 14.5. The third kappa shape index (κ3) is 2.15. The van der Waals surface area contributed by atoms with Crippen molar-refractivity contribution in [2.75, 3.05) is 0 Å². The van der Waals surface area contributed by atoms with Crippen LogP contribution in [0.5, 0.6) is 0 Å². The van der Waals surface area contributed by atoms with Crippen molar-refractivity contribution in [1.29, 1.82) is 0 Å². The lowest BCUT2D eigenvalue weighted by Gasteiger charge is -2.38. The lowest BCUT2D eigenvalue weighted by Crippen LogP contribution is -2.27. The van der Waals surface area contributed by atoms with Gasteiger partial charge in [0.2, 0.25) is 0 Å². The van der Waals surface area contributed by atoms with Crippen molar-refractivity contribution < 1.29 is 0 Å². The van der Waals surface area contributed by atoms with Crippen LogP contribution >= 0.6 is 0 Å². The van der Waals surface area contributed by atoms with Crippen LogP contribution in [-0.2, 0) is 0 Å². The van der Waals surface area contributed by atoms with E-state index < -0.39 is 0 Å². The number of unbranched alkanes of at least 4 members (excludes halogenated alkanes) is 1. The van der Waals surface area contributed by atoms with Gasteiger partial charge in [-0.1, -0.05) is 33.1 Å². The molecule has 2 atom stereocenters. The molecular weight excluding hydrogens is 168 g/mol. The maximum Gasteiger partial charge on any atom is -0.0294 e. The molecule has 0 spiro atoms. The van der Waals surface area contributed by atoms with Gasteiger partial charge in [-0.15, -0.1) is 0 Å². The summed E-state index contributed by atoms with van der Waals surface area (Å²) in [6.45, 7) is 4.71. The predicted octanol–water partition coefficient (Wildman–Crippen LogP) is 4.78. The fourth-order valence-corrected chi connectivity index (χ4v) is 3.29. The van der Waals surface area contributed by atoms with Crippen molar-refractivity contribution in [1.82, 2.24) is 0 Å². The Balaban J connectivity index is 1.73. The van der Waals surface area contributed by atoms with Crippen LogP contribution in [0, 0.1) is 17.3 Å². The summed E-state index contributed by atoms with van der Waals surface area (Å²) in [5.74, 6) is 2.23. The molecule has 0 N–H and O–H groups in total. The molecule has 2 aliphatic rings. The quantitative estimate of drug-likeness (QED) is 0.570. The Kier molecular flexibility index (Phi) is 3.19. The van der Waals surface area contributed by atoms with E-state index in [9.17, 15) is 0 Å². The zero-order chi connectivity index (χ0) is 10.0. The van der Waals surface area contributed by atoms with Crippen LogP contribution in [0.25, 0.3) is 0 Å². The molecule has 14 heavy (non-hydrogen) atoms. The SMILES string of the molecule is CCCCC1(CC2CCC2CC)CC1. The van der Waals surface area contributed by atoms with Crippen LogP contribution in [0.4, 0.5) is 0 Å². The third-order valence-corrected chi connectivity index (χ3v) is 4.81. The molecule has 0 heteroatoms. The lowest BCUT2D eigenvalue weighted by atomic mass is 9.67. The second kappa shape index (κ2) is 4.24. The van der Waals surface area contributed by atoms with Crippen molar-refractivity contribution in [3.05, 3.63) is 0 Å². The summed E-state index contributed by atoms with van der Waals surface area (Å²) >= 11 is 0. The fraction of sp³-hybridized carbons (Fsp3) is 1.00. The smallest absolute Gasteiger partial charge is 0.0294 e. The van der Waals surface area contributed by atoms with E-state index in [4.69, 9.17) is 0 Å². The molecule has 2 fully saturated rings. The van der Waals surface area contributed by atoms with Gasteiger partial charge in [0.05, 0.1) is 0 Å². The molecule has 0 amide bonds. The van der Waals surface area contributed by atoms with E-state index >= 15 is 0 Å². The molecule has 0 saturated heterocycles. The first-order valence-corrected chi connectivity index (χ1v) is 6.79. The maximum atomic E-state index is 2.38. The highest BCUT2D eigenvalue weighted by Gasteiger charge is 2.45. The van der Waals surface area contributed by atoms with E-state index in [1.54, 1.807) is 25.7 Å². The van der Waals surface area contributed by atoms with E-state index in [1.807, 2.05) is 0 Å². The van der Waals surface area contributed by atoms with E-state index in [-0.39, 0.29) is 0 Å². The first-order valence-electron chi connectivity index (χ1n) is 6.79. The van der Waals surface area contributed by atoms with E-state index in [2.05, 4.69) is 13.8 Å². The molecule has 0 bridgehead atoms. The van der Waals surface area contributed by atoms with Crippen LogP contribution in [0.1, 0.15) is 71.6 Å². The van der Waals surface area contributed by atoms with Crippen LogP contribution in [-0.4, -0.2) is 0 Å².